The van der Waals surface area contributed by atoms with E-state index in [1.54, 1.807) is 30.3 Å². The first-order valence-electron chi connectivity index (χ1n) is 10.9. The van der Waals surface area contributed by atoms with Crippen molar-refractivity contribution in [2.75, 3.05) is 11.9 Å². The van der Waals surface area contributed by atoms with E-state index in [0.29, 0.717) is 24.5 Å². The second kappa shape index (κ2) is 11.9. The SMILES string of the molecule is CCCCNC(=O)NS(=O)(=O)c1ccccc1NC(=O)c1cccc(OCc2ccccc2)c1. The predicted octanol–water partition coefficient (Wildman–Crippen LogP) is 4.31. The maximum atomic E-state index is 12.9. The quantitative estimate of drug-likeness (QED) is 0.374. The Morgan fingerprint density at radius 3 is 2.41 bits per heavy atom. The lowest BCUT2D eigenvalue weighted by molar-refractivity contribution is 0.102. The minimum Gasteiger partial charge on any atom is -0.489 e. The molecule has 34 heavy (non-hydrogen) atoms. The van der Waals surface area contributed by atoms with Crippen LogP contribution < -0.4 is 20.1 Å². The normalized spacial score (nSPS) is 10.9. The predicted molar refractivity (Wildman–Crippen MR) is 130 cm³/mol. The number of unbranched alkanes of at least 4 members (excludes halogenated alkanes) is 1. The molecule has 3 rings (SSSR count). The number of urea groups is 1. The number of anilines is 1. The summed E-state index contributed by atoms with van der Waals surface area (Å²) in [6.07, 6.45) is 1.59. The first kappa shape index (κ1) is 24.8. The summed E-state index contributed by atoms with van der Waals surface area (Å²) < 4.78 is 33.2. The molecule has 0 heterocycles. The highest BCUT2D eigenvalue weighted by molar-refractivity contribution is 7.90. The first-order valence-corrected chi connectivity index (χ1v) is 12.3. The van der Waals surface area contributed by atoms with Crippen LogP contribution in [0.4, 0.5) is 10.5 Å². The Balaban J connectivity index is 1.70. The number of amides is 3. The third-order valence-electron chi connectivity index (χ3n) is 4.81. The highest BCUT2D eigenvalue weighted by Gasteiger charge is 2.22. The molecule has 3 N–H and O–H groups in total. The lowest BCUT2D eigenvalue weighted by Gasteiger charge is -2.13. The number of carbonyl (C=O) groups excluding carboxylic acids is 2. The highest BCUT2D eigenvalue weighted by atomic mass is 32.2. The summed E-state index contributed by atoms with van der Waals surface area (Å²) in [7, 11) is -4.20. The number of hydrogen-bond donors (Lipinski definition) is 3. The summed E-state index contributed by atoms with van der Waals surface area (Å²) in [5, 5.41) is 5.11. The van der Waals surface area contributed by atoms with E-state index in [-0.39, 0.29) is 10.6 Å². The third kappa shape index (κ3) is 7.08. The standard InChI is InChI=1S/C25H27N3O5S/c1-2-3-16-26-25(30)28-34(31,32)23-15-8-7-14-22(23)27-24(29)20-12-9-13-21(17-20)33-18-19-10-5-4-6-11-19/h4-15,17H,2-3,16,18H2,1H3,(H,27,29)(H2,26,28,30). The molecule has 0 unspecified atom stereocenters. The van der Waals surface area contributed by atoms with Crippen molar-refractivity contribution in [3.63, 3.8) is 0 Å². The molecule has 178 valence electrons. The largest absolute Gasteiger partial charge is 0.489 e. The van der Waals surface area contributed by atoms with Crippen LogP contribution in [0.15, 0.2) is 83.8 Å². The smallest absolute Gasteiger partial charge is 0.328 e. The number of hydrogen-bond acceptors (Lipinski definition) is 5. The van der Waals surface area contributed by atoms with Crippen LogP contribution in [0.1, 0.15) is 35.7 Å². The minimum atomic E-state index is -4.20. The molecule has 3 aromatic carbocycles. The average molecular weight is 482 g/mol. The van der Waals surface area contributed by atoms with Crippen molar-refractivity contribution in [1.29, 1.82) is 0 Å². The van der Waals surface area contributed by atoms with E-state index in [9.17, 15) is 18.0 Å². The fourth-order valence-corrected chi connectivity index (χ4v) is 4.15. The van der Waals surface area contributed by atoms with Gasteiger partial charge in [-0.3, -0.25) is 4.79 Å². The zero-order chi connectivity index (χ0) is 24.4. The second-order valence-electron chi connectivity index (χ2n) is 7.47. The molecular weight excluding hydrogens is 454 g/mol. The van der Waals surface area contributed by atoms with Crippen molar-refractivity contribution < 1.29 is 22.7 Å². The second-order valence-corrected chi connectivity index (χ2v) is 9.12. The van der Waals surface area contributed by atoms with Crippen LogP contribution in [-0.2, 0) is 16.6 Å². The summed E-state index contributed by atoms with van der Waals surface area (Å²) >= 11 is 0. The van der Waals surface area contributed by atoms with Gasteiger partial charge in [0.1, 0.15) is 17.3 Å². The molecule has 0 spiro atoms. The Bertz CT molecular complexity index is 1230. The van der Waals surface area contributed by atoms with Crippen molar-refractivity contribution in [1.82, 2.24) is 10.0 Å². The van der Waals surface area contributed by atoms with Crippen molar-refractivity contribution in [3.8, 4) is 5.75 Å². The van der Waals surface area contributed by atoms with Gasteiger partial charge in [-0.05, 0) is 42.3 Å². The number of ether oxygens (including phenoxy) is 1. The molecular formula is C25H27N3O5S. The Kier molecular flexibility index (Phi) is 8.64. The van der Waals surface area contributed by atoms with Crippen LogP contribution in [-0.4, -0.2) is 26.9 Å². The number of sulfonamides is 1. The highest BCUT2D eigenvalue weighted by Crippen LogP contribution is 2.22. The molecule has 0 aromatic heterocycles. The zero-order valence-electron chi connectivity index (χ0n) is 18.8. The Labute approximate surface area is 199 Å². The summed E-state index contributed by atoms with van der Waals surface area (Å²) in [6, 6.07) is 21.3. The van der Waals surface area contributed by atoms with Crippen LogP contribution in [0, 0.1) is 0 Å². The number of nitrogens with one attached hydrogen (secondary N) is 3. The lowest BCUT2D eigenvalue weighted by atomic mass is 10.2. The molecule has 0 aliphatic heterocycles. The molecule has 9 heteroatoms. The molecule has 0 saturated heterocycles. The van der Waals surface area contributed by atoms with Crippen LogP contribution in [0.25, 0.3) is 0 Å². The molecule has 0 aliphatic carbocycles. The van der Waals surface area contributed by atoms with E-state index in [1.807, 2.05) is 42.0 Å². The number of carbonyl (C=O) groups is 2. The minimum absolute atomic E-state index is 0.0527. The van der Waals surface area contributed by atoms with E-state index in [4.69, 9.17) is 4.74 Å². The van der Waals surface area contributed by atoms with Gasteiger partial charge in [-0.15, -0.1) is 0 Å². The Morgan fingerprint density at radius 1 is 0.912 bits per heavy atom. The molecule has 0 bridgehead atoms. The van der Waals surface area contributed by atoms with E-state index >= 15 is 0 Å². The summed E-state index contributed by atoms with van der Waals surface area (Å²) in [5.41, 5.74) is 1.34. The number of benzene rings is 3. The average Bonchev–Trinajstić information content (AvgIpc) is 2.84. The van der Waals surface area contributed by atoms with Crippen LogP contribution >= 0.6 is 0 Å². The number of para-hydroxylation sites is 1. The Hall–Kier alpha value is -3.85. The zero-order valence-corrected chi connectivity index (χ0v) is 19.6. The topological polar surface area (TPSA) is 114 Å². The maximum absolute atomic E-state index is 12.9. The van der Waals surface area contributed by atoms with E-state index in [1.165, 1.54) is 18.2 Å². The van der Waals surface area contributed by atoms with Gasteiger partial charge in [0.15, 0.2) is 0 Å². The van der Waals surface area contributed by atoms with E-state index < -0.39 is 22.0 Å². The summed E-state index contributed by atoms with van der Waals surface area (Å²) in [5.74, 6) is -0.0111. The van der Waals surface area contributed by atoms with Gasteiger partial charge < -0.3 is 15.4 Å². The van der Waals surface area contributed by atoms with Crippen molar-refractivity contribution in [2.24, 2.45) is 0 Å². The van der Waals surface area contributed by atoms with Gasteiger partial charge in [-0.25, -0.2) is 17.9 Å². The van der Waals surface area contributed by atoms with Crippen LogP contribution in [0.5, 0.6) is 5.75 Å². The molecule has 3 aromatic rings. The van der Waals surface area contributed by atoms with Gasteiger partial charge in [0, 0.05) is 12.1 Å². The summed E-state index contributed by atoms with van der Waals surface area (Å²) in [6.45, 7) is 2.66. The van der Waals surface area contributed by atoms with Gasteiger partial charge in [0.25, 0.3) is 15.9 Å². The lowest BCUT2D eigenvalue weighted by Crippen LogP contribution is -2.40. The van der Waals surface area contributed by atoms with Crippen molar-refractivity contribution in [2.45, 2.75) is 31.3 Å². The molecule has 0 fully saturated rings. The fourth-order valence-electron chi connectivity index (χ4n) is 3.06. The molecule has 0 radical (unpaired) electrons. The maximum Gasteiger partial charge on any atom is 0.328 e. The summed E-state index contributed by atoms with van der Waals surface area (Å²) in [4.78, 5) is 24.6. The Morgan fingerprint density at radius 2 is 1.65 bits per heavy atom. The van der Waals surface area contributed by atoms with Gasteiger partial charge >= 0.3 is 6.03 Å². The van der Waals surface area contributed by atoms with Crippen molar-refractivity contribution >= 4 is 27.6 Å². The molecule has 0 atom stereocenters. The van der Waals surface area contributed by atoms with Crippen molar-refractivity contribution in [3.05, 3.63) is 90.0 Å². The van der Waals surface area contributed by atoms with E-state index in [0.717, 1.165) is 18.4 Å². The fraction of sp³-hybridized carbons (Fsp3) is 0.200. The third-order valence-corrected chi connectivity index (χ3v) is 6.20. The van der Waals surface area contributed by atoms with E-state index in [2.05, 4.69) is 10.6 Å². The van der Waals surface area contributed by atoms with Gasteiger partial charge in [-0.2, -0.15) is 0 Å². The monoisotopic (exact) mass is 481 g/mol. The molecule has 0 saturated carbocycles. The molecule has 8 nitrogen and oxygen atoms in total. The first-order chi connectivity index (χ1) is 16.4. The van der Waals surface area contributed by atoms with Gasteiger partial charge in [-0.1, -0.05) is 61.9 Å². The molecule has 3 amide bonds. The number of rotatable bonds is 10. The van der Waals surface area contributed by atoms with Crippen LogP contribution in [0.2, 0.25) is 0 Å². The van der Waals surface area contributed by atoms with Crippen LogP contribution in [0.3, 0.4) is 0 Å². The molecule has 0 aliphatic rings. The van der Waals surface area contributed by atoms with Gasteiger partial charge in [0.05, 0.1) is 5.69 Å². The van der Waals surface area contributed by atoms with Gasteiger partial charge in [0.2, 0.25) is 0 Å².